The Hall–Kier alpha value is -2.54. The first kappa shape index (κ1) is 12.5. The number of rotatable bonds is 3. The number of phenols is 1. The van der Waals surface area contributed by atoms with Crippen LogP contribution in [-0.4, -0.2) is 5.11 Å². The summed E-state index contributed by atoms with van der Waals surface area (Å²) < 4.78 is 0. The molecule has 0 bridgehead atoms. The molecule has 0 fully saturated rings. The van der Waals surface area contributed by atoms with Gasteiger partial charge >= 0.3 is 0 Å². The minimum absolute atomic E-state index is 0.302. The van der Waals surface area contributed by atoms with Crippen molar-refractivity contribution >= 4 is 0 Å². The highest BCUT2D eigenvalue weighted by atomic mass is 16.3. The Morgan fingerprint density at radius 1 is 0.600 bits per heavy atom. The van der Waals surface area contributed by atoms with Gasteiger partial charge in [0.25, 0.3) is 0 Å². The summed E-state index contributed by atoms with van der Waals surface area (Å²) in [6.45, 7) is 0. The van der Waals surface area contributed by atoms with Crippen molar-refractivity contribution in [1.29, 1.82) is 0 Å². The zero-order chi connectivity index (χ0) is 13.8. The van der Waals surface area contributed by atoms with Crippen LogP contribution >= 0.6 is 0 Å². The van der Waals surface area contributed by atoms with Crippen molar-refractivity contribution in [2.75, 3.05) is 0 Å². The fourth-order valence-electron chi connectivity index (χ4n) is 2.38. The van der Waals surface area contributed by atoms with Crippen LogP contribution in [0.15, 0.2) is 78.9 Å². The molecular weight excluding hydrogens is 244 g/mol. The maximum Gasteiger partial charge on any atom is 0.116 e. The molecule has 0 aromatic heterocycles. The highest BCUT2D eigenvalue weighted by molar-refractivity contribution is 5.65. The minimum atomic E-state index is 0.302. The van der Waals surface area contributed by atoms with Crippen molar-refractivity contribution in [2.24, 2.45) is 0 Å². The summed E-state index contributed by atoms with van der Waals surface area (Å²) in [6.07, 6.45) is 0.924. The molecule has 0 saturated heterocycles. The van der Waals surface area contributed by atoms with Crippen LogP contribution < -0.4 is 0 Å². The van der Waals surface area contributed by atoms with E-state index in [-0.39, 0.29) is 0 Å². The van der Waals surface area contributed by atoms with Crippen LogP contribution in [0, 0.1) is 0 Å². The van der Waals surface area contributed by atoms with E-state index in [0.717, 1.165) is 17.5 Å². The molecule has 0 radical (unpaired) electrons. The first-order valence-electron chi connectivity index (χ1n) is 6.73. The monoisotopic (exact) mass is 260 g/mol. The van der Waals surface area contributed by atoms with Gasteiger partial charge in [0.15, 0.2) is 0 Å². The van der Waals surface area contributed by atoms with E-state index < -0.39 is 0 Å². The second kappa shape index (κ2) is 5.62. The van der Waals surface area contributed by atoms with Crippen LogP contribution in [0.3, 0.4) is 0 Å². The van der Waals surface area contributed by atoms with E-state index in [1.807, 2.05) is 18.2 Å². The Morgan fingerprint density at radius 3 is 2.00 bits per heavy atom. The Morgan fingerprint density at radius 2 is 1.25 bits per heavy atom. The van der Waals surface area contributed by atoms with E-state index in [1.165, 1.54) is 11.1 Å². The summed E-state index contributed by atoms with van der Waals surface area (Å²) in [5, 5.41) is 9.58. The van der Waals surface area contributed by atoms with Gasteiger partial charge < -0.3 is 5.11 Å². The molecule has 1 nitrogen and oxygen atoms in total. The van der Waals surface area contributed by atoms with E-state index in [9.17, 15) is 5.11 Å². The summed E-state index contributed by atoms with van der Waals surface area (Å²) >= 11 is 0. The molecule has 1 heteroatoms. The summed E-state index contributed by atoms with van der Waals surface area (Å²) in [4.78, 5) is 0. The molecule has 0 unspecified atom stereocenters. The first-order chi connectivity index (χ1) is 9.81. The quantitative estimate of drug-likeness (QED) is 0.726. The van der Waals surface area contributed by atoms with Crippen molar-refractivity contribution in [3.05, 3.63) is 90.0 Å². The molecule has 0 heterocycles. The summed E-state index contributed by atoms with van der Waals surface area (Å²) in [5.74, 6) is 0.302. The Kier molecular flexibility index (Phi) is 3.51. The summed E-state index contributed by atoms with van der Waals surface area (Å²) in [5.41, 5.74) is 4.76. The van der Waals surface area contributed by atoms with Crippen LogP contribution in [0.4, 0.5) is 0 Å². The third-order valence-corrected chi connectivity index (χ3v) is 3.36. The van der Waals surface area contributed by atoms with E-state index in [1.54, 1.807) is 12.1 Å². The third kappa shape index (κ3) is 2.89. The zero-order valence-electron chi connectivity index (χ0n) is 11.2. The molecule has 0 spiro atoms. The zero-order valence-corrected chi connectivity index (χ0v) is 11.2. The summed E-state index contributed by atoms with van der Waals surface area (Å²) in [7, 11) is 0. The van der Waals surface area contributed by atoms with Crippen LogP contribution in [0.1, 0.15) is 11.1 Å². The Balaban J connectivity index is 1.90. The van der Waals surface area contributed by atoms with Crippen molar-refractivity contribution in [3.8, 4) is 16.9 Å². The Bertz CT molecular complexity index is 702. The number of hydrogen-bond acceptors (Lipinski definition) is 1. The van der Waals surface area contributed by atoms with Gasteiger partial charge in [-0.2, -0.15) is 0 Å². The van der Waals surface area contributed by atoms with Crippen LogP contribution in [-0.2, 0) is 6.42 Å². The lowest BCUT2D eigenvalue weighted by atomic mass is 9.99. The number of benzene rings is 3. The molecule has 0 atom stereocenters. The number of aromatic hydroxyl groups is 1. The highest BCUT2D eigenvalue weighted by Gasteiger charge is 2.01. The molecular formula is C19H16O. The summed E-state index contributed by atoms with van der Waals surface area (Å²) in [6, 6.07) is 26.3. The average molecular weight is 260 g/mol. The highest BCUT2D eigenvalue weighted by Crippen LogP contribution is 2.24. The topological polar surface area (TPSA) is 20.2 Å². The largest absolute Gasteiger partial charge is 0.508 e. The predicted octanol–water partition coefficient (Wildman–Crippen LogP) is 4.65. The van der Waals surface area contributed by atoms with Crippen LogP contribution in [0.5, 0.6) is 5.75 Å². The number of hydrogen-bond donors (Lipinski definition) is 1. The van der Waals surface area contributed by atoms with Crippen LogP contribution in [0.25, 0.3) is 11.1 Å². The van der Waals surface area contributed by atoms with Crippen molar-refractivity contribution < 1.29 is 5.11 Å². The van der Waals surface area contributed by atoms with Gasteiger partial charge in [0, 0.05) is 0 Å². The minimum Gasteiger partial charge on any atom is -0.508 e. The molecule has 3 rings (SSSR count). The van der Waals surface area contributed by atoms with E-state index >= 15 is 0 Å². The maximum atomic E-state index is 9.58. The van der Waals surface area contributed by atoms with E-state index in [4.69, 9.17) is 0 Å². The van der Waals surface area contributed by atoms with Gasteiger partial charge in [-0.3, -0.25) is 0 Å². The predicted molar refractivity (Wildman–Crippen MR) is 82.8 cm³/mol. The molecule has 0 aliphatic carbocycles. The smallest absolute Gasteiger partial charge is 0.116 e. The lowest BCUT2D eigenvalue weighted by molar-refractivity contribution is 0.475. The molecule has 0 aliphatic rings. The SMILES string of the molecule is Oc1cccc(-c2cccc(Cc3ccccc3)c2)c1. The van der Waals surface area contributed by atoms with E-state index in [2.05, 4.69) is 48.5 Å². The average Bonchev–Trinajstić information content (AvgIpc) is 2.49. The van der Waals surface area contributed by atoms with E-state index in [0.29, 0.717) is 5.75 Å². The fraction of sp³-hybridized carbons (Fsp3) is 0.0526. The molecule has 0 saturated carbocycles. The van der Waals surface area contributed by atoms with Gasteiger partial charge in [0.2, 0.25) is 0 Å². The normalized spacial score (nSPS) is 10.4. The van der Waals surface area contributed by atoms with Gasteiger partial charge in [0.05, 0.1) is 0 Å². The van der Waals surface area contributed by atoms with Gasteiger partial charge in [-0.15, -0.1) is 0 Å². The van der Waals surface area contributed by atoms with Crippen molar-refractivity contribution in [3.63, 3.8) is 0 Å². The van der Waals surface area contributed by atoms with Gasteiger partial charge in [-0.25, -0.2) is 0 Å². The fourth-order valence-corrected chi connectivity index (χ4v) is 2.38. The lowest BCUT2D eigenvalue weighted by Crippen LogP contribution is -1.88. The van der Waals surface area contributed by atoms with Gasteiger partial charge in [0.1, 0.15) is 5.75 Å². The standard InChI is InChI=1S/C19H16O/c20-19-11-5-10-18(14-19)17-9-4-8-16(13-17)12-15-6-2-1-3-7-15/h1-11,13-14,20H,12H2. The molecule has 0 aliphatic heterocycles. The molecule has 3 aromatic carbocycles. The van der Waals surface area contributed by atoms with Crippen molar-refractivity contribution in [2.45, 2.75) is 6.42 Å². The van der Waals surface area contributed by atoms with Crippen molar-refractivity contribution in [1.82, 2.24) is 0 Å². The second-order valence-electron chi connectivity index (χ2n) is 4.91. The third-order valence-electron chi connectivity index (χ3n) is 3.36. The van der Waals surface area contributed by atoms with Gasteiger partial charge in [-0.1, -0.05) is 66.7 Å². The molecule has 0 amide bonds. The number of phenolic OH excluding ortho intramolecular Hbond substituents is 1. The molecule has 3 aromatic rings. The lowest BCUT2D eigenvalue weighted by Gasteiger charge is -2.06. The van der Waals surface area contributed by atoms with Crippen LogP contribution in [0.2, 0.25) is 0 Å². The molecule has 1 N–H and O–H groups in total. The maximum absolute atomic E-state index is 9.58. The van der Waals surface area contributed by atoms with Gasteiger partial charge in [-0.05, 0) is 40.8 Å². The molecule has 20 heavy (non-hydrogen) atoms. The first-order valence-corrected chi connectivity index (χ1v) is 6.73. The Labute approximate surface area is 119 Å². The molecule has 98 valence electrons. The second-order valence-corrected chi connectivity index (χ2v) is 4.91.